The average molecular weight is 280 g/mol. The third kappa shape index (κ3) is 38.2. The van der Waals surface area contributed by atoms with Crippen molar-refractivity contribution in [3.05, 3.63) is 24.3 Å². The third-order valence-electron chi connectivity index (χ3n) is 1.51. The summed E-state index contributed by atoms with van der Waals surface area (Å²) in [6.07, 6.45) is 6.45. The van der Waals surface area contributed by atoms with Gasteiger partial charge in [0.2, 0.25) is 0 Å². The summed E-state index contributed by atoms with van der Waals surface area (Å²) in [4.78, 5) is 0. The smallest absolute Gasteiger partial charge is 0.100 e. The molecule has 19 heavy (non-hydrogen) atoms. The van der Waals surface area contributed by atoms with Crippen molar-refractivity contribution in [1.82, 2.24) is 0 Å². The van der Waals surface area contributed by atoms with E-state index < -0.39 is 6.10 Å². The summed E-state index contributed by atoms with van der Waals surface area (Å²) in [5.41, 5.74) is 0. The first-order valence-electron chi connectivity index (χ1n) is 6.07. The Balaban J connectivity index is -0.000000203. The Morgan fingerprint density at radius 2 is 1.47 bits per heavy atom. The van der Waals surface area contributed by atoms with Crippen LogP contribution in [-0.4, -0.2) is 69.3 Å². The van der Waals surface area contributed by atoms with Gasteiger partial charge in [0.05, 0.1) is 25.9 Å². The van der Waals surface area contributed by atoms with E-state index in [0.29, 0.717) is 6.42 Å². The van der Waals surface area contributed by atoms with Gasteiger partial charge in [-0.2, -0.15) is 0 Å². The molecule has 0 amide bonds. The highest BCUT2D eigenvalue weighted by molar-refractivity contribution is 5.00. The van der Waals surface area contributed by atoms with Crippen LogP contribution in [0.15, 0.2) is 24.3 Å². The molecule has 1 atom stereocenters. The largest absolute Gasteiger partial charge is 0.396 e. The van der Waals surface area contributed by atoms with Gasteiger partial charge in [0.1, 0.15) is 6.10 Å². The summed E-state index contributed by atoms with van der Waals surface area (Å²) in [6.45, 7) is 3.06. The summed E-state index contributed by atoms with van der Waals surface area (Å²) in [5.74, 6) is 0. The van der Waals surface area contributed by atoms with Crippen LogP contribution >= 0.6 is 0 Å². The molecule has 0 aliphatic rings. The standard InChI is InChI=1S/C6H10O.C4H10O2.C3H8O3/c1-2-3-4-5-6-7;1-4(6)2-3-5;4-1-3(6)2-5/h2-5,7H,6H2,1H3;4-6H,2-3H2,1H3;3-6H,1-2H2/b3-2+,5-4+;;. The number of aliphatic hydroxyl groups excluding tert-OH is 6. The molecule has 116 valence electrons. The molecular weight excluding hydrogens is 252 g/mol. The van der Waals surface area contributed by atoms with Crippen LogP contribution in [0.2, 0.25) is 0 Å². The Hall–Kier alpha value is -0.760. The van der Waals surface area contributed by atoms with E-state index in [1.54, 1.807) is 19.1 Å². The second kappa shape index (κ2) is 22.4. The predicted molar refractivity (Wildman–Crippen MR) is 74.6 cm³/mol. The molecule has 6 nitrogen and oxygen atoms in total. The molecule has 0 aliphatic carbocycles. The number of allylic oxidation sites excluding steroid dienone is 3. The molecular formula is C13H28O6. The molecule has 0 aromatic rings. The molecule has 0 saturated heterocycles. The van der Waals surface area contributed by atoms with Crippen molar-refractivity contribution in [3.8, 4) is 0 Å². The zero-order chi connectivity index (χ0) is 15.5. The fourth-order valence-electron chi connectivity index (χ4n) is 0.495. The maximum atomic E-state index is 8.39. The monoisotopic (exact) mass is 280 g/mol. The quantitative estimate of drug-likeness (QED) is 0.354. The maximum Gasteiger partial charge on any atom is 0.100 e. The Morgan fingerprint density at radius 3 is 1.63 bits per heavy atom. The van der Waals surface area contributed by atoms with E-state index >= 15 is 0 Å². The Labute approximate surface area is 115 Å². The highest BCUT2D eigenvalue weighted by Crippen LogP contribution is 1.83. The molecule has 0 heterocycles. The van der Waals surface area contributed by atoms with Gasteiger partial charge in [-0.3, -0.25) is 0 Å². The first-order valence-corrected chi connectivity index (χ1v) is 6.07. The fourth-order valence-corrected chi connectivity index (χ4v) is 0.495. The summed E-state index contributed by atoms with van der Waals surface area (Å²) >= 11 is 0. The van der Waals surface area contributed by atoms with E-state index in [1.807, 2.05) is 19.1 Å². The Bertz CT molecular complexity index is 188. The molecule has 0 rings (SSSR count). The summed E-state index contributed by atoms with van der Waals surface area (Å²) in [5, 5.41) is 48.7. The molecule has 0 fully saturated rings. The molecule has 0 bridgehead atoms. The molecule has 0 spiro atoms. The van der Waals surface area contributed by atoms with Gasteiger partial charge in [0, 0.05) is 6.61 Å². The average Bonchev–Trinajstić information content (AvgIpc) is 2.39. The van der Waals surface area contributed by atoms with E-state index in [4.69, 9.17) is 30.6 Å². The minimum Gasteiger partial charge on any atom is -0.396 e. The summed E-state index contributed by atoms with van der Waals surface area (Å²) in [7, 11) is 0. The molecule has 0 aromatic heterocycles. The Kier molecular flexibility index (Phi) is 27.5. The van der Waals surface area contributed by atoms with E-state index in [-0.39, 0.29) is 32.5 Å². The molecule has 0 saturated carbocycles. The predicted octanol–water partition coefficient (Wildman–Crippen LogP) is -0.808. The zero-order valence-electron chi connectivity index (χ0n) is 11.7. The lowest BCUT2D eigenvalue weighted by Gasteiger charge is -1.96. The first kappa shape index (κ1) is 23.3. The number of aliphatic hydroxyl groups is 6. The topological polar surface area (TPSA) is 121 Å². The molecule has 1 unspecified atom stereocenters. The van der Waals surface area contributed by atoms with Crippen LogP contribution < -0.4 is 0 Å². The van der Waals surface area contributed by atoms with Gasteiger partial charge in [-0.05, 0) is 20.3 Å². The summed E-state index contributed by atoms with van der Waals surface area (Å²) in [6, 6.07) is 0. The van der Waals surface area contributed by atoms with E-state index in [9.17, 15) is 0 Å². The molecule has 6 N–H and O–H groups in total. The van der Waals surface area contributed by atoms with Crippen LogP contribution in [0.4, 0.5) is 0 Å². The van der Waals surface area contributed by atoms with E-state index in [2.05, 4.69) is 0 Å². The molecule has 0 aromatic carbocycles. The van der Waals surface area contributed by atoms with Crippen molar-refractivity contribution in [3.63, 3.8) is 0 Å². The van der Waals surface area contributed by atoms with Crippen LogP contribution in [-0.2, 0) is 0 Å². The highest BCUT2D eigenvalue weighted by Gasteiger charge is 1.93. The summed E-state index contributed by atoms with van der Waals surface area (Å²) < 4.78 is 0. The maximum absolute atomic E-state index is 8.39. The van der Waals surface area contributed by atoms with Crippen molar-refractivity contribution in [2.24, 2.45) is 0 Å². The fraction of sp³-hybridized carbons (Fsp3) is 0.692. The van der Waals surface area contributed by atoms with Crippen molar-refractivity contribution in [2.45, 2.75) is 32.5 Å². The van der Waals surface area contributed by atoms with Crippen LogP contribution in [0.3, 0.4) is 0 Å². The third-order valence-corrected chi connectivity index (χ3v) is 1.51. The SMILES string of the molecule is C/C=C/C=C/CO.CC(O)CCO.OCC(O)CO. The van der Waals surface area contributed by atoms with Crippen LogP contribution in [0.25, 0.3) is 0 Å². The Morgan fingerprint density at radius 1 is 0.947 bits per heavy atom. The minimum absolute atomic E-state index is 0.0810. The zero-order valence-corrected chi connectivity index (χ0v) is 11.7. The van der Waals surface area contributed by atoms with Crippen molar-refractivity contribution in [1.29, 1.82) is 0 Å². The molecule has 0 radical (unpaired) electrons. The van der Waals surface area contributed by atoms with Crippen LogP contribution in [0, 0.1) is 0 Å². The molecule has 0 aliphatic heterocycles. The minimum atomic E-state index is -0.954. The van der Waals surface area contributed by atoms with Crippen molar-refractivity contribution in [2.75, 3.05) is 26.4 Å². The first-order chi connectivity index (χ1) is 8.99. The number of hydrogen-bond acceptors (Lipinski definition) is 6. The van der Waals surface area contributed by atoms with Gasteiger partial charge in [0.25, 0.3) is 0 Å². The van der Waals surface area contributed by atoms with Gasteiger partial charge in [-0.25, -0.2) is 0 Å². The number of rotatable bonds is 6. The van der Waals surface area contributed by atoms with Gasteiger partial charge in [0.15, 0.2) is 0 Å². The normalized spacial score (nSPS) is 12.1. The molecule has 6 heteroatoms. The lowest BCUT2D eigenvalue weighted by molar-refractivity contribution is 0.0450. The second-order valence-corrected chi connectivity index (χ2v) is 3.52. The highest BCUT2D eigenvalue weighted by atomic mass is 16.3. The van der Waals surface area contributed by atoms with E-state index in [0.717, 1.165) is 0 Å². The van der Waals surface area contributed by atoms with Gasteiger partial charge in [-0.15, -0.1) is 0 Å². The van der Waals surface area contributed by atoms with Crippen LogP contribution in [0.5, 0.6) is 0 Å². The lowest BCUT2D eigenvalue weighted by atomic mass is 10.3. The van der Waals surface area contributed by atoms with Gasteiger partial charge < -0.3 is 30.6 Å². The van der Waals surface area contributed by atoms with Crippen molar-refractivity contribution >= 4 is 0 Å². The second-order valence-electron chi connectivity index (χ2n) is 3.52. The van der Waals surface area contributed by atoms with E-state index in [1.165, 1.54) is 0 Å². The van der Waals surface area contributed by atoms with Crippen molar-refractivity contribution < 1.29 is 30.6 Å². The van der Waals surface area contributed by atoms with Gasteiger partial charge >= 0.3 is 0 Å². The van der Waals surface area contributed by atoms with Gasteiger partial charge in [-0.1, -0.05) is 24.3 Å². The van der Waals surface area contributed by atoms with Crippen LogP contribution in [0.1, 0.15) is 20.3 Å². The number of hydrogen-bond donors (Lipinski definition) is 6. The lowest BCUT2D eigenvalue weighted by Crippen LogP contribution is -2.15.